The van der Waals surface area contributed by atoms with Crippen LogP contribution in [0.15, 0.2) is 24.3 Å². The van der Waals surface area contributed by atoms with Crippen LogP contribution in [-0.2, 0) is 10.0 Å². The molecule has 0 saturated carbocycles. The highest BCUT2D eigenvalue weighted by Gasteiger charge is 2.05. The topological polar surface area (TPSA) is 46.2 Å². The van der Waals surface area contributed by atoms with E-state index in [1.165, 1.54) is 0 Å². The molecule has 0 radical (unpaired) electrons. The Kier molecular flexibility index (Phi) is 3.75. The van der Waals surface area contributed by atoms with Crippen molar-refractivity contribution in [1.29, 1.82) is 0 Å². The molecule has 0 aliphatic rings. The zero-order valence-electron chi connectivity index (χ0n) is 8.74. The van der Waals surface area contributed by atoms with Crippen LogP contribution < -0.4 is 4.72 Å². The van der Waals surface area contributed by atoms with Gasteiger partial charge in [-0.3, -0.25) is 4.72 Å². The molecule has 1 aromatic carbocycles. The predicted octanol–water partition coefficient (Wildman–Crippen LogP) is 1.82. The van der Waals surface area contributed by atoms with Gasteiger partial charge in [-0.25, -0.2) is 8.42 Å². The van der Waals surface area contributed by atoms with E-state index in [4.69, 9.17) is 0 Å². The molecular weight excluding hydrogens is 210 g/mol. The number of anilines is 1. The molecule has 1 aromatic rings. The standard InChI is InChI=1S/C11H13NO2S/c1-3-5-10-6-8-11(9-7-10)12-15(13,14)4-2/h6-9,12H,4H2,1-2H3. The summed E-state index contributed by atoms with van der Waals surface area (Å²) < 4.78 is 24.9. The molecule has 0 unspecified atom stereocenters. The van der Waals surface area contributed by atoms with Gasteiger partial charge in [0.2, 0.25) is 10.0 Å². The number of rotatable bonds is 3. The summed E-state index contributed by atoms with van der Waals surface area (Å²) in [6.45, 7) is 3.35. The lowest BCUT2D eigenvalue weighted by atomic mass is 10.2. The predicted molar refractivity (Wildman–Crippen MR) is 62.1 cm³/mol. The summed E-state index contributed by atoms with van der Waals surface area (Å²) in [5.41, 5.74) is 1.44. The average molecular weight is 223 g/mol. The van der Waals surface area contributed by atoms with E-state index in [9.17, 15) is 8.42 Å². The van der Waals surface area contributed by atoms with Gasteiger partial charge >= 0.3 is 0 Å². The Hall–Kier alpha value is -1.47. The van der Waals surface area contributed by atoms with Crippen LogP contribution in [0.4, 0.5) is 5.69 Å². The SMILES string of the molecule is CC#Cc1ccc(NS(=O)(=O)CC)cc1. The van der Waals surface area contributed by atoms with E-state index in [-0.39, 0.29) is 5.75 Å². The largest absolute Gasteiger partial charge is 0.284 e. The summed E-state index contributed by atoms with van der Waals surface area (Å²) >= 11 is 0. The van der Waals surface area contributed by atoms with Crippen molar-refractivity contribution in [3.05, 3.63) is 29.8 Å². The molecule has 4 heteroatoms. The van der Waals surface area contributed by atoms with Crippen LogP contribution in [-0.4, -0.2) is 14.2 Å². The van der Waals surface area contributed by atoms with Gasteiger partial charge < -0.3 is 0 Å². The Balaban J connectivity index is 2.85. The lowest BCUT2D eigenvalue weighted by Gasteiger charge is -2.05. The van der Waals surface area contributed by atoms with Crippen molar-refractivity contribution >= 4 is 15.7 Å². The van der Waals surface area contributed by atoms with Gasteiger partial charge in [0, 0.05) is 11.3 Å². The molecule has 80 valence electrons. The molecule has 15 heavy (non-hydrogen) atoms. The molecule has 0 spiro atoms. The minimum atomic E-state index is -3.18. The lowest BCUT2D eigenvalue weighted by molar-refractivity contribution is 0.602. The zero-order valence-corrected chi connectivity index (χ0v) is 9.56. The van der Waals surface area contributed by atoms with E-state index < -0.39 is 10.0 Å². The second-order valence-electron chi connectivity index (χ2n) is 2.96. The van der Waals surface area contributed by atoms with Gasteiger partial charge in [-0.2, -0.15) is 0 Å². The molecule has 0 saturated heterocycles. The van der Waals surface area contributed by atoms with Gasteiger partial charge in [-0.15, -0.1) is 5.92 Å². The summed E-state index contributed by atoms with van der Waals surface area (Å²) in [6, 6.07) is 6.97. The van der Waals surface area contributed by atoms with Crippen molar-refractivity contribution in [1.82, 2.24) is 0 Å². The highest BCUT2D eigenvalue weighted by atomic mass is 32.2. The van der Waals surface area contributed by atoms with Crippen LogP contribution in [0.5, 0.6) is 0 Å². The molecule has 0 fully saturated rings. The fraction of sp³-hybridized carbons (Fsp3) is 0.273. The van der Waals surface area contributed by atoms with Gasteiger partial charge in [0.05, 0.1) is 5.75 Å². The van der Waals surface area contributed by atoms with Gasteiger partial charge in [-0.1, -0.05) is 5.92 Å². The molecule has 1 rings (SSSR count). The third-order valence-electron chi connectivity index (χ3n) is 1.81. The monoisotopic (exact) mass is 223 g/mol. The molecule has 0 atom stereocenters. The molecule has 0 aromatic heterocycles. The minimum absolute atomic E-state index is 0.0729. The van der Waals surface area contributed by atoms with Gasteiger partial charge in [0.25, 0.3) is 0 Å². The zero-order chi connectivity index (χ0) is 11.3. The maximum absolute atomic E-state index is 11.2. The summed E-state index contributed by atoms with van der Waals surface area (Å²) in [5, 5.41) is 0. The first-order chi connectivity index (χ1) is 7.07. The Morgan fingerprint density at radius 3 is 2.33 bits per heavy atom. The smallest absolute Gasteiger partial charge is 0.232 e. The Bertz CT molecular complexity index is 478. The van der Waals surface area contributed by atoms with Crippen molar-refractivity contribution in [2.45, 2.75) is 13.8 Å². The number of hydrogen-bond acceptors (Lipinski definition) is 2. The van der Waals surface area contributed by atoms with Crippen LogP contribution >= 0.6 is 0 Å². The van der Waals surface area contributed by atoms with Crippen LogP contribution in [0.25, 0.3) is 0 Å². The molecule has 1 N–H and O–H groups in total. The van der Waals surface area contributed by atoms with Gasteiger partial charge in [0.1, 0.15) is 0 Å². The van der Waals surface area contributed by atoms with Crippen molar-refractivity contribution in [2.24, 2.45) is 0 Å². The average Bonchev–Trinajstić information content (AvgIpc) is 2.21. The summed E-state index contributed by atoms with van der Waals surface area (Å²) in [7, 11) is -3.18. The molecule has 0 heterocycles. The van der Waals surface area contributed by atoms with E-state index in [2.05, 4.69) is 16.6 Å². The number of hydrogen-bond donors (Lipinski definition) is 1. The first-order valence-electron chi connectivity index (χ1n) is 4.60. The molecular formula is C11H13NO2S. The normalized spacial score (nSPS) is 10.3. The highest BCUT2D eigenvalue weighted by molar-refractivity contribution is 7.92. The minimum Gasteiger partial charge on any atom is -0.284 e. The van der Waals surface area contributed by atoms with Crippen LogP contribution in [0.2, 0.25) is 0 Å². The molecule has 0 bridgehead atoms. The third-order valence-corrected chi connectivity index (χ3v) is 3.11. The van der Waals surface area contributed by atoms with Crippen LogP contribution in [0.1, 0.15) is 19.4 Å². The summed E-state index contributed by atoms with van der Waals surface area (Å²) in [6.07, 6.45) is 0. The number of sulfonamides is 1. The third kappa shape index (κ3) is 3.64. The molecule has 0 aliphatic carbocycles. The van der Waals surface area contributed by atoms with E-state index in [0.717, 1.165) is 5.56 Å². The van der Waals surface area contributed by atoms with E-state index >= 15 is 0 Å². The second kappa shape index (κ2) is 4.85. The molecule has 0 aliphatic heterocycles. The van der Waals surface area contributed by atoms with Gasteiger partial charge in [0.15, 0.2) is 0 Å². The highest BCUT2D eigenvalue weighted by Crippen LogP contribution is 2.10. The van der Waals surface area contributed by atoms with Crippen LogP contribution in [0.3, 0.4) is 0 Å². The Labute approximate surface area is 90.6 Å². The molecule has 0 amide bonds. The first-order valence-corrected chi connectivity index (χ1v) is 6.26. The summed E-state index contributed by atoms with van der Waals surface area (Å²) in [5.74, 6) is 5.73. The summed E-state index contributed by atoms with van der Waals surface area (Å²) in [4.78, 5) is 0. The Morgan fingerprint density at radius 2 is 1.87 bits per heavy atom. The number of nitrogens with one attached hydrogen (secondary N) is 1. The Morgan fingerprint density at radius 1 is 1.27 bits per heavy atom. The quantitative estimate of drug-likeness (QED) is 0.794. The van der Waals surface area contributed by atoms with E-state index in [0.29, 0.717) is 5.69 Å². The maximum Gasteiger partial charge on any atom is 0.232 e. The fourth-order valence-corrected chi connectivity index (χ4v) is 1.66. The van der Waals surface area contributed by atoms with Gasteiger partial charge in [-0.05, 0) is 38.1 Å². The second-order valence-corrected chi connectivity index (χ2v) is 4.97. The molecule has 3 nitrogen and oxygen atoms in total. The van der Waals surface area contributed by atoms with Crippen molar-refractivity contribution in [3.8, 4) is 11.8 Å². The van der Waals surface area contributed by atoms with Crippen molar-refractivity contribution < 1.29 is 8.42 Å². The van der Waals surface area contributed by atoms with E-state index in [1.54, 1.807) is 38.1 Å². The lowest BCUT2D eigenvalue weighted by Crippen LogP contribution is -2.14. The first kappa shape index (κ1) is 11.6. The van der Waals surface area contributed by atoms with Crippen molar-refractivity contribution in [3.63, 3.8) is 0 Å². The number of benzene rings is 1. The van der Waals surface area contributed by atoms with Crippen LogP contribution in [0, 0.1) is 11.8 Å². The van der Waals surface area contributed by atoms with Crippen molar-refractivity contribution in [2.75, 3.05) is 10.5 Å². The fourth-order valence-electron chi connectivity index (χ4n) is 1.02. The maximum atomic E-state index is 11.2. The van der Waals surface area contributed by atoms with E-state index in [1.807, 2.05) is 0 Å².